The molecule has 6 nitrogen and oxygen atoms in total. The number of fused-ring (bicyclic) bond motifs is 1. The predicted octanol–water partition coefficient (Wildman–Crippen LogP) is 6.23. The molecule has 3 amide bonds. The minimum atomic E-state index is -1.25. The third-order valence-corrected chi connectivity index (χ3v) is 7.51. The van der Waals surface area contributed by atoms with E-state index in [0.29, 0.717) is 22.9 Å². The van der Waals surface area contributed by atoms with Crippen LogP contribution in [0.3, 0.4) is 0 Å². The number of hydrogen-bond donors (Lipinski definition) is 0. The zero-order chi connectivity index (χ0) is 26.1. The first-order chi connectivity index (χ1) is 17.1. The highest BCUT2D eigenvalue weighted by Gasteiger charge is 2.53. The fourth-order valence-corrected chi connectivity index (χ4v) is 5.49. The molecule has 0 N–H and O–H groups in total. The molecule has 4 rings (SSSR count). The maximum absolute atomic E-state index is 14.0. The van der Waals surface area contributed by atoms with Crippen LogP contribution in [-0.2, 0) is 9.59 Å². The van der Waals surface area contributed by atoms with Crippen LogP contribution >= 0.6 is 46.4 Å². The highest BCUT2D eigenvalue weighted by atomic mass is 35.5. The maximum atomic E-state index is 14.0. The lowest BCUT2D eigenvalue weighted by Gasteiger charge is -2.36. The van der Waals surface area contributed by atoms with Crippen molar-refractivity contribution in [3.8, 4) is 0 Å². The van der Waals surface area contributed by atoms with Crippen LogP contribution < -0.4 is 0 Å². The molecular formula is C26H22Cl4N2O4. The number of allylic oxidation sites excluding steroid dienone is 2. The molecule has 1 heterocycles. The van der Waals surface area contributed by atoms with E-state index in [9.17, 15) is 19.2 Å². The van der Waals surface area contributed by atoms with Crippen molar-refractivity contribution in [2.45, 2.75) is 32.2 Å². The topological polar surface area (TPSA) is 74.8 Å². The van der Waals surface area contributed by atoms with E-state index >= 15 is 0 Å². The van der Waals surface area contributed by atoms with E-state index in [1.807, 2.05) is 13.0 Å². The fourth-order valence-electron chi connectivity index (χ4n) is 4.66. The molecule has 36 heavy (non-hydrogen) atoms. The number of amides is 3. The molecule has 188 valence electrons. The Labute approximate surface area is 228 Å². The Morgan fingerprint density at radius 3 is 2.28 bits per heavy atom. The Balaban J connectivity index is 1.83. The van der Waals surface area contributed by atoms with E-state index in [0.717, 1.165) is 15.6 Å². The third-order valence-electron chi connectivity index (χ3n) is 6.49. The number of rotatable bonds is 7. The van der Waals surface area contributed by atoms with Crippen LogP contribution in [0.1, 0.15) is 46.9 Å². The number of carbonyl (C=O) groups is 4. The van der Waals surface area contributed by atoms with Gasteiger partial charge in [-0.05, 0) is 68.7 Å². The van der Waals surface area contributed by atoms with Gasteiger partial charge in [0.15, 0.2) is 5.78 Å². The average Bonchev–Trinajstić information content (AvgIpc) is 3.08. The normalized spacial score (nSPS) is 20.1. The van der Waals surface area contributed by atoms with Crippen molar-refractivity contribution in [3.05, 3.63) is 80.3 Å². The van der Waals surface area contributed by atoms with Gasteiger partial charge in [0.1, 0.15) is 6.04 Å². The molecule has 1 saturated heterocycles. The summed E-state index contributed by atoms with van der Waals surface area (Å²) < 4.78 is 0. The van der Waals surface area contributed by atoms with Gasteiger partial charge in [-0.1, -0.05) is 46.5 Å². The SMILES string of the molecule is CC1=CC[C@@H]2C(=O)N(N(C(=O)c3ccc(Cl)cc3Cl)[C@@H](CCCl)C(=O)c3ccc(Cl)cc3)C(=O)[C@H]2C1. The van der Waals surface area contributed by atoms with Crippen LogP contribution in [0.2, 0.25) is 15.1 Å². The van der Waals surface area contributed by atoms with Gasteiger partial charge in [-0.25, -0.2) is 5.01 Å². The van der Waals surface area contributed by atoms with Gasteiger partial charge in [-0.3, -0.25) is 19.2 Å². The van der Waals surface area contributed by atoms with E-state index in [1.165, 1.54) is 30.3 Å². The number of halogens is 4. The second kappa shape index (κ2) is 10.9. The first-order valence-electron chi connectivity index (χ1n) is 11.3. The van der Waals surface area contributed by atoms with Crippen LogP contribution in [0.5, 0.6) is 0 Å². The molecule has 1 aliphatic carbocycles. The molecule has 0 bridgehead atoms. The standard InChI is InChI=1S/C26H22Cl4N2O4/c1-14-2-8-18-20(12-14)26(36)32(24(18)34)31(25(35)19-9-7-17(29)13-21(19)30)22(10-11-27)23(33)15-3-5-16(28)6-4-15/h2-7,9,13,18,20,22H,8,10-12H2,1H3/t18-,20-,22-/m0/s1. The average molecular weight is 568 g/mol. The number of carbonyl (C=O) groups excluding carboxylic acids is 4. The molecule has 0 unspecified atom stereocenters. The first kappa shape index (κ1) is 26.7. The summed E-state index contributed by atoms with van der Waals surface area (Å²) in [5.41, 5.74) is 1.24. The minimum Gasteiger partial charge on any atom is -0.292 e. The van der Waals surface area contributed by atoms with Gasteiger partial charge in [0.05, 0.1) is 22.4 Å². The van der Waals surface area contributed by atoms with Crippen molar-refractivity contribution < 1.29 is 19.2 Å². The first-order valence-corrected chi connectivity index (χ1v) is 13.0. The lowest BCUT2D eigenvalue weighted by molar-refractivity contribution is -0.156. The number of hydrogen-bond acceptors (Lipinski definition) is 4. The zero-order valence-electron chi connectivity index (χ0n) is 19.2. The summed E-state index contributed by atoms with van der Waals surface area (Å²) in [7, 11) is 0. The maximum Gasteiger partial charge on any atom is 0.275 e. The number of benzene rings is 2. The smallest absolute Gasteiger partial charge is 0.275 e. The number of nitrogens with zero attached hydrogens (tertiary/aromatic N) is 2. The van der Waals surface area contributed by atoms with E-state index in [2.05, 4.69) is 0 Å². The summed E-state index contributed by atoms with van der Waals surface area (Å²) in [6, 6.07) is 9.13. The quantitative estimate of drug-likeness (QED) is 0.172. The largest absolute Gasteiger partial charge is 0.292 e. The van der Waals surface area contributed by atoms with Gasteiger partial charge in [0, 0.05) is 21.5 Å². The van der Waals surface area contributed by atoms with E-state index < -0.39 is 41.4 Å². The Morgan fingerprint density at radius 2 is 1.64 bits per heavy atom. The van der Waals surface area contributed by atoms with Crippen molar-refractivity contribution in [1.82, 2.24) is 10.0 Å². The van der Waals surface area contributed by atoms with Crippen molar-refractivity contribution >= 4 is 69.9 Å². The Hall–Kier alpha value is -2.38. The number of alkyl halides is 1. The number of ketones is 1. The molecule has 0 saturated carbocycles. The highest BCUT2D eigenvalue weighted by Crippen LogP contribution is 2.40. The van der Waals surface area contributed by atoms with Gasteiger partial charge in [0.2, 0.25) is 0 Å². The number of hydrazine groups is 1. The van der Waals surface area contributed by atoms with Crippen molar-refractivity contribution in [2.75, 3.05) is 5.88 Å². The molecule has 3 atom stereocenters. The summed E-state index contributed by atoms with van der Waals surface area (Å²) in [5.74, 6) is -3.56. The molecule has 1 aliphatic heterocycles. The second-order valence-corrected chi connectivity index (χ2v) is 10.5. The summed E-state index contributed by atoms with van der Waals surface area (Å²) in [6.45, 7) is 1.90. The van der Waals surface area contributed by atoms with Gasteiger partial charge < -0.3 is 0 Å². The lowest BCUT2D eigenvalue weighted by atomic mass is 9.82. The summed E-state index contributed by atoms with van der Waals surface area (Å²) >= 11 is 24.4. The van der Waals surface area contributed by atoms with Crippen molar-refractivity contribution in [2.24, 2.45) is 11.8 Å². The molecule has 0 spiro atoms. The summed E-state index contributed by atoms with van der Waals surface area (Å²) in [4.78, 5) is 54.8. The predicted molar refractivity (Wildman–Crippen MR) is 139 cm³/mol. The summed E-state index contributed by atoms with van der Waals surface area (Å²) in [6.07, 6.45) is 2.70. The van der Waals surface area contributed by atoms with Crippen LogP contribution in [0.4, 0.5) is 0 Å². The molecule has 2 aromatic carbocycles. The van der Waals surface area contributed by atoms with E-state index in [4.69, 9.17) is 46.4 Å². The molecule has 10 heteroatoms. The minimum absolute atomic E-state index is 0.00526. The van der Waals surface area contributed by atoms with Gasteiger partial charge in [-0.2, -0.15) is 5.01 Å². The van der Waals surface area contributed by atoms with Crippen molar-refractivity contribution in [1.29, 1.82) is 0 Å². The van der Waals surface area contributed by atoms with E-state index in [-0.39, 0.29) is 28.5 Å². The zero-order valence-corrected chi connectivity index (χ0v) is 22.2. The molecule has 2 aliphatic rings. The highest BCUT2D eigenvalue weighted by molar-refractivity contribution is 6.37. The monoisotopic (exact) mass is 566 g/mol. The van der Waals surface area contributed by atoms with Crippen LogP contribution in [-0.4, -0.2) is 45.4 Å². The number of Topliss-reactive ketones (excluding diaryl/α,β-unsaturated/α-hetero) is 1. The lowest BCUT2D eigenvalue weighted by Crippen LogP contribution is -2.57. The van der Waals surface area contributed by atoms with Crippen LogP contribution in [0.15, 0.2) is 54.1 Å². The Kier molecular flexibility index (Phi) is 8.10. The molecule has 2 aromatic rings. The fraction of sp³-hybridized carbons (Fsp3) is 0.308. The third kappa shape index (κ3) is 5.05. The number of imide groups is 1. The summed E-state index contributed by atoms with van der Waals surface area (Å²) in [5, 5.41) is 2.53. The Bertz CT molecular complexity index is 1260. The van der Waals surface area contributed by atoms with Gasteiger partial charge in [-0.15, -0.1) is 11.6 Å². The van der Waals surface area contributed by atoms with Crippen LogP contribution in [0, 0.1) is 11.8 Å². The Morgan fingerprint density at radius 1 is 1.00 bits per heavy atom. The molecular weight excluding hydrogens is 546 g/mol. The van der Waals surface area contributed by atoms with Crippen molar-refractivity contribution in [3.63, 3.8) is 0 Å². The van der Waals surface area contributed by atoms with Crippen LogP contribution in [0.25, 0.3) is 0 Å². The second-order valence-electron chi connectivity index (χ2n) is 8.83. The van der Waals surface area contributed by atoms with Gasteiger partial charge in [0.25, 0.3) is 17.7 Å². The molecule has 0 aromatic heterocycles. The molecule has 0 radical (unpaired) electrons. The molecule has 1 fully saturated rings. The van der Waals surface area contributed by atoms with E-state index in [1.54, 1.807) is 12.1 Å². The van der Waals surface area contributed by atoms with Gasteiger partial charge >= 0.3 is 0 Å².